The van der Waals surface area contributed by atoms with Crippen LogP contribution in [0, 0.1) is 10.1 Å². The minimum absolute atomic E-state index is 0.0254. The molecule has 3 N–H and O–H groups in total. The van der Waals surface area contributed by atoms with E-state index >= 15 is 0 Å². The van der Waals surface area contributed by atoms with Gasteiger partial charge in [0.05, 0.1) is 10.4 Å². The number of aryl methyl sites for hydroxylation is 1. The number of hydrogen-bond donors (Lipinski definition) is 2. The zero-order valence-electron chi connectivity index (χ0n) is 13.3. The molecule has 24 heavy (non-hydrogen) atoms. The van der Waals surface area contributed by atoms with Gasteiger partial charge in [-0.15, -0.1) is 0 Å². The van der Waals surface area contributed by atoms with E-state index in [2.05, 4.69) is 42.2 Å². The lowest BCUT2D eigenvalue weighted by Gasteiger charge is -2.29. The number of aromatic nitrogens is 2. The first-order valence-electron chi connectivity index (χ1n) is 7.98. The summed E-state index contributed by atoms with van der Waals surface area (Å²) in [4.78, 5) is 15.6. The molecular weight excluding hydrogens is 442 g/mol. The van der Waals surface area contributed by atoms with Gasteiger partial charge in [-0.3, -0.25) is 10.1 Å². The van der Waals surface area contributed by atoms with Crippen LogP contribution in [0.2, 0.25) is 0 Å². The van der Waals surface area contributed by atoms with Crippen molar-refractivity contribution in [3.05, 3.63) is 25.1 Å². The highest BCUT2D eigenvalue weighted by molar-refractivity contribution is 9.13. The lowest BCUT2D eigenvalue weighted by molar-refractivity contribution is -0.384. The van der Waals surface area contributed by atoms with E-state index in [1.165, 1.54) is 0 Å². The molecule has 9 heteroatoms. The Morgan fingerprint density at radius 3 is 2.79 bits per heavy atom. The summed E-state index contributed by atoms with van der Waals surface area (Å²) < 4.78 is 3.00. The van der Waals surface area contributed by atoms with Gasteiger partial charge in [0.1, 0.15) is 4.47 Å². The largest absolute Gasteiger partial charge is 0.351 e. The minimum Gasteiger partial charge on any atom is -0.351 e. The van der Waals surface area contributed by atoms with Crippen molar-refractivity contribution >= 4 is 54.5 Å². The Labute approximate surface area is 156 Å². The Balaban J connectivity index is 2.12. The minimum atomic E-state index is -0.402. The maximum atomic E-state index is 11.5. The van der Waals surface area contributed by atoms with E-state index in [9.17, 15) is 10.1 Å². The van der Waals surface area contributed by atoms with Gasteiger partial charge in [-0.25, -0.2) is 4.98 Å². The third-order valence-corrected chi connectivity index (χ3v) is 6.51. The summed E-state index contributed by atoms with van der Waals surface area (Å²) in [5, 5.41) is 14.9. The molecule has 1 heterocycles. The van der Waals surface area contributed by atoms with Crippen LogP contribution < -0.4 is 11.1 Å². The van der Waals surface area contributed by atoms with Crippen LogP contribution in [0.15, 0.2) is 15.0 Å². The predicted molar refractivity (Wildman–Crippen MR) is 101 cm³/mol. The first-order chi connectivity index (χ1) is 11.4. The molecule has 1 fully saturated rings. The molecule has 1 saturated carbocycles. The van der Waals surface area contributed by atoms with E-state index in [0.717, 1.165) is 31.2 Å². The van der Waals surface area contributed by atoms with Crippen molar-refractivity contribution < 1.29 is 4.92 Å². The zero-order chi connectivity index (χ0) is 17.4. The monoisotopic (exact) mass is 459 g/mol. The number of imidazole rings is 1. The van der Waals surface area contributed by atoms with Gasteiger partial charge in [-0.2, -0.15) is 0 Å². The molecular formula is C15H19Br2N5O2. The number of nitrogens with two attached hydrogens (primary N) is 1. The van der Waals surface area contributed by atoms with Gasteiger partial charge < -0.3 is 15.6 Å². The van der Waals surface area contributed by atoms with Crippen LogP contribution in [0.5, 0.6) is 0 Å². The second kappa shape index (κ2) is 6.97. The summed E-state index contributed by atoms with van der Waals surface area (Å²) in [7, 11) is 0. The molecule has 3 rings (SSSR count). The molecule has 1 aromatic heterocycles. The fourth-order valence-corrected chi connectivity index (χ4v) is 4.14. The molecule has 2 aromatic rings. The maximum absolute atomic E-state index is 11.5. The Morgan fingerprint density at radius 2 is 2.17 bits per heavy atom. The molecule has 0 saturated heterocycles. The fourth-order valence-electron chi connectivity index (χ4n) is 3.29. The average Bonchev–Trinajstić information content (AvgIpc) is 2.86. The van der Waals surface area contributed by atoms with Crippen LogP contribution in [-0.4, -0.2) is 26.6 Å². The molecule has 0 radical (unpaired) electrons. The number of halogens is 2. The number of anilines is 1. The normalized spacial score (nSPS) is 21.2. The van der Waals surface area contributed by atoms with Gasteiger partial charge in [0.15, 0.2) is 5.52 Å². The van der Waals surface area contributed by atoms with Crippen molar-refractivity contribution in [3.8, 4) is 0 Å². The summed E-state index contributed by atoms with van der Waals surface area (Å²) in [5.41, 5.74) is 7.30. The smallest absolute Gasteiger partial charge is 0.312 e. The summed E-state index contributed by atoms with van der Waals surface area (Å²) in [6.07, 6.45) is 4.26. The van der Waals surface area contributed by atoms with Gasteiger partial charge in [0.2, 0.25) is 5.95 Å². The highest BCUT2D eigenvalue weighted by Crippen LogP contribution is 2.40. The number of nitro groups is 1. The lowest BCUT2D eigenvalue weighted by atomic mass is 9.91. The Morgan fingerprint density at radius 1 is 1.46 bits per heavy atom. The van der Waals surface area contributed by atoms with Gasteiger partial charge >= 0.3 is 5.69 Å². The quantitative estimate of drug-likeness (QED) is 0.526. The van der Waals surface area contributed by atoms with E-state index in [-0.39, 0.29) is 17.8 Å². The van der Waals surface area contributed by atoms with Crippen LogP contribution in [0.25, 0.3) is 11.0 Å². The highest BCUT2D eigenvalue weighted by Gasteiger charge is 2.28. The van der Waals surface area contributed by atoms with E-state index in [1.807, 2.05) is 17.6 Å². The van der Waals surface area contributed by atoms with Crippen molar-refractivity contribution in [3.63, 3.8) is 0 Å². The van der Waals surface area contributed by atoms with Crippen molar-refractivity contribution in [2.45, 2.75) is 51.2 Å². The number of rotatable bonds is 4. The second-order valence-corrected chi connectivity index (χ2v) is 7.67. The number of fused-ring (bicyclic) bond motifs is 1. The highest BCUT2D eigenvalue weighted by atomic mass is 79.9. The predicted octanol–water partition coefficient (Wildman–Crippen LogP) is 4.17. The van der Waals surface area contributed by atoms with Crippen LogP contribution in [0.4, 0.5) is 11.6 Å². The van der Waals surface area contributed by atoms with E-state index < -0.39 is 4.92 Å². The SMILES string of the molecule is CCn1c(NC2CCCCC2N)nc2c([N+](=O)[O-])c(Br)c(Br)cc21. The Bertz CT molecular complexity index is 792. The molecule has 2 unspecified atom stereocenters. The summed E-state index contributed by atoms with van der Waals surface area (Å²) in [6.45, 7) is 2.65. The van der Waals surface area contributed by atoms with E-state index in [4.69, 9.17) is 5.73 Å². The number of nitrogens with zero attached hydrogens (tertiary/aromatic N) is 3. The van der Waals surface area contributed by atoms with Gasteiger partial charge in [0, 0.05) is 23.1 Å². The van der Waals surface area contributed by atoms with Crippen molar-refractivity contribution in [2.24, 2.45) is 5.73 Å². The summed E-state index contributed by atoms with van der Waals surface area (Å²) in [5.74, 6) is 0.642. The van der Waals surface area contributed by atoms with Gasteiger partial charge in [-0.1, -0.05) is 12.8 Å². The maximum Gasteiger partial charge on any atom is 0.312 e. The van der Waals surface area contributed by atoms with Crippen LogP contribution in [-0.2, 0) is 6.54 Å². The Hall–Kier alpha value is -1.19. The zero-order valence-corrected chi connectivity index (χ0v) is 16.4. The second-order valence-electron chi connectivity index (χ2n) is 6.02. The van der Waals surface area contributed by atoms with Crippen LogP contribution in [0.1, 0.15) is 32.6 Å². The first kappa shape index (κ1) is 17.6. The molecule has 1 aliphatic rings. The molecule has 0 amide bonds. The standard InChI is InChI=1S/C15H19Br2N5O2/c1-2-21-11-7-8(16)12(17)14(22(23)24)13(11)20-15(21)19-10-6-4-3-5-9(10)18/h7,9-10H,2-6,18H2,1H3,(H,19,20). The van der Waals surface area contributed by atoms with E-state index in [1.54, 1.807) is 0 Å². The number of hydrogen-bond acceptors (Lipinski definition) is 5. The number of nitro benzene ring substituents is 1. The topological polar surface area (TPSA) is 99.0 Å². The third-order valence-electron chi connectivity index (χ3n) is 4.54. The van der Waals surface area contributed by atoms with Crippen LogP contribution >= 0.6 is 31.9 Å². The van der Waals surface area contributed by atoms with Crippen LogP contribution in [0.3, 0.4) is 0 Å². The molecule has 0 spiro atoms. The molecule has 1 aromatic carbocycles. The molecule has 0 aliphatic heterocycles. The summed E-state index contributed by atoms with van der Waals surface area (Å²) >= 11 is 6.67. The third kappa shape index (κ3) is 3.04. The Kier molecular flexibility index (Phi) is 5.12. The van der Waals surface area contributed by atoms with Crippen molar-refractivity contribution in [2.75, 3.05) is 5.32 Å². The summed E-state index contributed by atoms with van der Waals surface area (Å²) in [6, 6.07) is 2.08. The van der Waals surface area contributed by atoms with Gasteiger partial charge in [-0.05, 0) is 57.7 Å². The molecule has 7 nitrogen and oxygen atoms in total. The fraction of sp³-hybridized carbons (Fsp3) is 0.533. The molecule has 1 aliphatic carbocycles. The van der Waals surface area contributed by atoms with Crippen molar-refractivity contribution in [1.82, 2.24) is 9.55 Å². The number of nitrogens with one attached hydrogen (secondary N) is 1. The van der Waals surface area contributed by atoms with Crippen molar-refractivity contribution in [1.29, 1.82) is 0 Å². The molecule has 130 valence electrons. The van der Waals surface area contributed by atoms with E-state index in [0.29, 0.717) is 27.0 Å². The molecule has 2 atom stereocenters. The van der Waals surface area contributed by atoms with Gasteiger partial charge in [0.25, 0.3) is 0 Å². The lowest BCUT2D eigenvalue weighted by Crippen LogP contribution is -2.43. The molecule has 0 bridgehead atoms. The average molecular weight is 461 g/mol. The number of benzene rings is 1. The first-order valence-corrected chi connectivity index (χ1v) is 9.57.